The second kappa shape index (κ2) is 9.92. The van der Waals surface area contributed by atoms with Crippen molar-refractivity contribution in [2.75, 3.05) is 33.3 Å². The van der Waals surface area contributed by atoms with Crippen LogP contribution in [0.5, 0.6) is 0 Å². The number of piperidine rings is 1. The summed E-state index contributed by atoms with van der Waals surface area (Å²) in [4.78, 5) is 42.0. The average Bonchev–Trinajstić information content (AvgIpc) is 2.75. The predicted molar refractivity (Wildman–Crippen MR) is 115 cm³/mol. The van der Waals surface area contributed by atoms with E-state index in [1.807, 2.05) is 25.1 Å². The van der Waals surface area contributed by atoms with Gasteiger partial charge in [-0.05, 0) is 58.2 Å². The summed E-state index contributed by atoms with van der Waals surface area (Å²) < 4.78 is 5.12. The van der Waals surface area contributed by atoms with Crippen molar-refractivity contribution in [3.05, 3.63) is 34.9 Å². The highest BCUT2D eigenvalue weighted by molar-refractivity contribution is 6.31. The first-order chi connectivity index (χ1) is 14.4. The highest BCUT2D eigenvalue weighted by Crippen LogP contribution is 2.42. The second-order valence-electron chi connectivity index (χ2n) is 8.23. The van der Waals surface area contributed by atoms with Crippen LogP contribution in [0, 0.1) is 5.92 Å². The number of ether oxygens (including phenoxy) is 1. The maximum Gasteiger partial charge on any atom is 0.309 e. The number of hydrogen-bond acceptors (Lipinski definition) is 5. The number of esters is 1. The van der Waals surface area contributed by atoms with Gasteiger partial charge < -0.3 is 9.64 Å². The van der Waals surface area contributed by atoms with Crippen LogP contribution in [0.25, 0.3) is 0 Å². The number of likely N-dealkylation sites (tertiary alicyclic amines) is 1. The minimum Gasteiger partial charge on any atom is -0.466 e. The number of halogens is 1. The molecule has 1 amide bonds. The van der Waals surface area contributed by atoms with Gasteiger partial charge in [-0.25, -0.2) is 0 Å². The number of carbonyl (C=O) groups is 3. The van der Waals surface area contributed by atoms with Crippen molar-refractivity contribution >= 4 is 29.3 Å². The van der Waals surface area contributed by atoms with E-state index in [4.69, 9.17) is 16.3 Å². The zero-order valence-corrected chi connectivity index (χ0v) is 18.6. The third kappa shape index (κ3) is 4.54. The van der Waals surface area contributed by atoms with Gasteiger partial charge >= 0.3 is 5.97 Å². The van der Waals surface area contributed by atoms with E-state index in [9.17, 15) is 14.4 Å². The summed E-state index contributed by atoms with van der Waals surface area (Å²) >= 11 is 6.48. The minimum atomic E-state index is -1.00. The number of benzene rings is 1. The first-order valence-corrected chi connectivity index (χ1v) is 11.2. The molecule has 1 aromatic rings. The Morgan fingerprint density at radius 1 is 1.23 bits per heavy atom. The van der Waals surface area contributed by atoms with Gasteiger partial charge in [-0.15, -0.1) is 0 Å². The van der Waals surface area contributed by atoms with E-state index in [1.165, 1.54) is 0 Å². The summed E-state index contributed by atoms with van der Waals surface area (Å²) in [6.07, 6.45) is 4.12. The molecule has 164 valence electrons. The minimum absolute atomic E-state index is 0.0544. The molecular weight excluding hydrogens is 404 g/mol. The van der Waals surface area contributed by atoms with Crippen LogP contribution in [-0.2, 0) is 24.7 Å². The van der Waals surface area contributed by atoms with Crippen LogP contribution < -0.4 is 0 Å². The number of hydrogen-bond donors (Lipinski definition) is 0. The molecule has 2 aliphatic rings. The standard InChI is InChI=1S/C23H31ClN2O4/c1-3-30-22(29)17-11-14-26(15-12-17)16-21(28)25(2)23(13-7-6-10-20(23)27)18-8-4-5-9-19(18)24/h4-5,8-9,17H,3,6-7,10-16H2,1-2H3. The third-order valence-corrected chi connectivity index (χ3v) is 6.82. The second-order valence-corrected chi connectivity index (χ2v) is 8.63. The fourth-order valence-electron chi connectivity index (χ4n) is 4.73. The SMILES string of the molecule is CCOC(=O)C1CCN(CC(=O)N(C)C2(c3ccccc3Cl)CCCCC2=O)CC1. The smallest absolute Gasteiger partial charge is 0.309 e. The van der Waals surface area contributed by atoms with Gasteiger partial charge in [-0.3, -0.25) is 19.3 Å². The van der Waals surface area contributed by atoms with Gasteiger partial charge in [0.25, 0.3) is 0 Å². The molecule has 7 heteroatoms. The van der Waals surface area contributed by atoms with Gasteiger partial charge in [0.05, 0.1) is 19.1 Å². The largest absolute Gasteiger partial charge is 0.466 e. The fourth-order valence-corrected chi connectivity index (χ4v) is 5.02. The van der Waals surface area contributed by atoms with Crippen molar-refractivity contribution in [1.82, 2.24) is 9.80 Å². The molecule has 0 N–H and O–H groups in total. The Kier molecular flexibility index (Phi) is 7.53. The summed E-state index contributed by atoms with van der Waals surface area (Å²) in [5.74, 6) is -0.284. The predicted octanol–water partition coefficient (Wildman–Crippen LogP) is 3.41. The van der Waals surface area contributed by atoms with E-state index in [0.717, 1.165) is 12.8 Å². The zero-order valence-electron chi connectivity index (χ0n) is 17.9. The van der Waals surface area contributed by atoms with Crippen molar-refractivity contribution in [1.29, 1.82) is 0 Å². The molecule has 1 saturated heterocycles. The van der Waals surface area contributed by atoms with Gasteiger partial charge in [0.15, 0.2) is 5.78 Å². The van der Waals surface area contributed by atoms with Crippen LogP contribution in [-0.4, -0.2) is 60.7 Å². The Labute approximate surface area is 183 Å². The molecule has 0 spiro atoms. The molecule has 0 bridgehead atoms. The number of nitrogens with zero attached hydrogens (tertiary/aromatic N) is 2. The van der Waals surface area contributed by atoms with Crippen LogP contribution in [0.2, 0.25) is 5.02 Å². The lowest BCUT2D eigenvalue weighted by Crippen LogP contribution is -2.56. The molecule has 0 aromatic heterocycles. The monoisotopic (exact) mass is 434 g/mol. The van der Waals surface area contributed by atoms with Crippen molar-refractivity contribution in [3.63, 3.8) is 0 Å². The van der Waals surface area contributed by atoms with Crippen LogP contribution in [0.15, 0.2) is 24.3 Å². The Bertz CT molecular complexity index is 791. The molecule has 2 fully saturated rings. The highest BCUT2D eigenvalue weighted by atomic mass is 35.5. The van der Waals surface area contributed by atoms with Gasteiger partial charge in [-0.1, -0.05) is 29.8 Å². The molecular formula is C23H31ClN2O4. The molecule has 1 aliphatic carbocycles. The van der Waals surface area contributed by atoms with Crippen molar-refractivity contribution in [2.24, 2.45) is 5.92 Å². The Morgan fingerprint density at radius 3 is 2.57 bits per heavy atom. The number of likely N-dealkylation sites (N-methyl/N-ethyl adjacent to an activating group) is 1. The Balaban J connectivity index is 1.72. The lowest BCUT2D eigenvalue weighted by Gasteiger charge is -2.44. The van der Waals surface area contributed by atoms with Crippen LogP contribution in [0.3, 0.4) is 0 Å². The summed E-state index contributed by atoms with van der Waals surface area (Å²) in [5.41, 5.74) is -0.287. The fraction of sp³-hybridized carbons (Fsp3) is 0.609. The zero-order chi connectivity index (χ0) is 21.7. The van der Waals surface area contributed by atoms with Gasteiger partial charge in [0, 0.05) is 24.1 Å². The Hall–Kier alpha value is -1.92. The lowest BCUT2D eigenvalue weighted by molar-refractivity contribution is -0.151. The summed E-state index contributed by atoms with van der Waals surface area (Å²) in [7, 11) is 1.72. The van der Waals surface area contributed by atoms with E-state index in [1.54, 1.807) is 18.0 Å². The van der Waals surface area contributed by atoms with Gasteiger partial charge in [0.1, 0.15) is 5.54 Å². The highest BCUT2D eigenvalue weighted by Gasteiger charge is 2.48. The molecule has 3 rings (SSSR count). The number of carbonyl (C=O) groups excluding carboxylic acids is 3. The maximum atomic E-state index is 13.3. The molecule has 1 heterocycles. The lowest BCUT2D eigenvalue weighted by atomic mass is 9.74. The van der Waals surface area contributed by atoms with E-state index in [-0.39, 0.29) is 30.1 Å². The van der Waals surface area contributed by atoms with Gasteiger partial charge in [0.2, 0.25) is 5.91 Å². The maximum absolute atomic E-state index is 13.3. The molecule has 1 saturated carbocycles. The van der Waals surface area contributed by atoms with Crippen LogP contribution in [0.4, 0.5) is 0 Å². The molecule has 1 atom stereocenters. The molecule has 6 nitrogen and oxygen atoms in total. The molecule has 1 unspecified atom stereocenters. The van der Waals surface area contributed by atoms with Crippen LogP contribution in [0.1, 0.15) is 51.0 Å². The molecule has 1 aliphatic heterocycles. The molecule has 0 radical (unpaired) electrons. The first kappa shape index (κ1) is 22.8. The quantitative estimate of drug-likeness (QED) is 0.642. The molecule has 1 aromatic carbocycles. The number of rotatable bonds is 6. The third-order valence-electron chi connectivity index (χ3n) is 6.49. The van der Waals surface area contributed by atoms with E-state index in [2.05, 4.69) is 4.90 Å². The van der Waals surface area contributed by atoms with Gasteiger partial charge in [-0.2, -0.15) is 0 Å². The topological polar surface area (TPSA) is 66.9 Å². The van der Waals surface area contributed by atoms with Crippen molar-refractivity contribution < 1.29 is 19.1 Å². The molecule has 30 heavy (non-hydrogen) atoms. The first-order valence-electron chi connectivity index (χ1n) is 10.8. The van der Waals surface area contributed by atoms with Crippen LogP contribution >= 0.6 is 11.6 Å². The number of ketones is 1. The van der Waals surface area contributed by atoms with E-state index >= 15 is 0 Å². The van der Waals surface area contributed by atoms with E-state index < -0.39 is 5.54 Å². The summed E-state index contributed by atoms with van der Waals surface area (Å²) in [6, 6.07) is 7.34. The van der Waals surface area contributed by atoms with Crippen molar-refractivity contribution in [2.45, 2.75) is 51.0 Å². The summed E-state index contributed by atoms with van der Waals surface area (Å²) in [6.45, 7) is 3.75. The van der Waals surface area contributed by atoms with E-state index in [0.29, 0.717) is 56.0 Å². The average molecular weight is 435 g/mol. The number of Topliss-reactive ketones (excluding diaryl/α,β-unsaturated/α-hetero) is 1. The van der Waals surface area contributed by atoms with Crippen molar-refractivity contribution in [3.8, 4) is 0 Å². The normalized spacial score (nSPS) is 23.2. The summed E-state index contributed by atoms with van der Waals surface area (Å²) in [5, 5.41) is 0.516. The Morgan fingerprint density at radius 2 is 1.93 bits per heavy atom. The number of amides is 1.